The number of hydrogen-bond acceptors (Lipinski definition) is 3. The van der Waals surface area contributed by atoms with Crippen LogP contribution in [0.5, 0.6) is 5.75 Å². The molecule has 2 rings (SSSR count). The Bertz CT molecular complexity index is 468. The Morgan fingerprint density at radius 3 is 2.62 bits per heavy atom. The highest BCUT2D eigenvalue weighted by molar-refractivity contribution is 6.31. The van der Waals surface area contributed by atoms with Gasteiger partial charge in [0, 0.05) is 18.0 Å². The molecule has 0 atom stereocenters. The Morgan fingerprint density at radius 1 is 1.24 bits per heavy atom. The first kappa shape index (κ1) is 16.3. The van der Waals surface area contributed by atoms with Gasteiger partial charge in [0.05, 0.1) is 12.2 Å². The molecule has 0 bridgehead atoms. The van der Waals surface area contributed by atoms with Gasteiger partial charge in [-0.1, -0.05) is 24.4 Å². The third kappa shape index (κ3) is 5.01. The van der Waals surface area contributed by atoms with Crippen LogP contribution in [0.4, 0.5) is 0 Å². The summed E-state index contributed by atoms with van der Waals surface area (Å²) in [6.07, 6.45) is 5.64. The van der Waals surface area contributed by atoms with Crippen molar-refractivity contribution in [2.24, 2.45) is 0 Å². The van der Waals surface area contributed by atoms with Gasteiger partial charge >= 0.3 is 0 Å². The van der Waals surface area contributed by atoms with Crippen LogP contribution in [0, 0.1) is 0 Å². The highest BCUT2D eigenvalue weighted by Crippen LogP contribution is 2.24. The van der Waals surface area contributed by atoms with Crippen LogP contribution >= 0.6 is 11.6 Å². The summed E-state index contributed by atoms with van der Waals surface area (Å²) >= 11 is 6.01. The van der Waals surface area contributed by atoms with Crippen molar-refractivity contribution in [3.05, 3.63) is 28.8 Å². The third-order valence-electron chi connectivity index (χ3n) is 3.90. The fraction of sp³-hybridized carbons (Fsp3) is 0.588. The summed E-state index contributed by atoms with van der Waals surface area (Å²) in [4.78, 5) is 14.9. The number of rotatable bonds is 6. The SMILES string of the molecule is CCOc1ccc(Cl)cc1C(=O)CCN1CCCCCC1. The molecule has 0 amide bonds. The van der Waals surface area contributed by atoms with E-state index in [0.717, 1.165) is 19.6 Å². The summed E-state index contributed by atoms with van der Waals surface area (Å²) in [6, 6.07) is 5.26. The topological polar surface area (TPSA) is 29.5 Å². The van der Waals surface area contributed by atoms with Crippen LogP contribution in [0.25, 0.3) is 0 Å². The second-order valence-corrected chi connectivity index (χ2v) is 5.94. The smallest absolute Gasteiger partial charge is 0.167 e. The van der Waals surface area contributed by atoms with E-state index in [9.17, 15) is 4.79 Å². The van der Waals surface area contributed by atoms with Gasteiger partial charge in [-0.25, -0.2) is 0 Å². The molecular formula is C17H24ClNO2. The second kappa shape index (κ2) is 8.40. The van der Waals surface area contributed by atoms with E-state index in [1.165, 1.54) is 25.7 Å². The van der Waals surface area contributed by atoms with E-state index in [0.29, 0.717) is 29.4 Å². The predicted molar refractivity (Wildman–Crippen MR) is 86.5 cm³/mol. The first-order valence-corrected chi connectivity index (χ1v) is 8.26. The summed E-state index contributed by atoms with van der Waals surface area (Å²) in [7, 11) is 0. The van der Waals surface area contributed by atoms with Crippen LogP contribution in [0.15, 0.2) is 18.2 Å². The predicted octanol–water partition coefficient (Wildman–Crippen LogP) is 4.19. The number of hydrogen-bond donors (Lipinski definition) is 0. The van der Waals surface area contributed by atoms with E-state index in [1.807, 2.05) is 6.92 Å². The van der Waals surface area contributed by atoms with E-state index in [-0.39, 0.29) is 5.78 Å². The Kier molecular flexibility index (Phi) is 6.52. The van der Waals surface area contributed by atoms with Crippen molar-refractivity contribution in [2.75, 3.05) is 26.2 Å². The van der Waals surface area contributed by atoms with Crippen LogP contribution < -0.4 is 4.74 Å². The number of ketones is 1. The minimum atomic E-state index is 0.116. The fourth-order valence-electron chi connectivity index (χ4n) is 2.76. The lowest BCUT2D eigenvalue weighted by atomic mass is 10.1. The van der Waals surface area contributed by atoms with Gasteiger partial charge in [-0.15, -0.1) is 0 Å². The Balaban J connectivity index is 1.97. The number of ether oxygens (including phenoxy) is 1. The van der Waals surface area contributed by atoms with Crippen molar-refractivity contribution >= 4 is 17.4 Å². The summed E-state index contributed by atoms with van der Waals surface area (Å²) in [5.74, 6) is 0.757. The first-order chi connectivity index (χ1) is 10.2. The van der Waals surface area contributed by atoms with E-state index >= 15 is 0 Å². The zero-order valence-electron chi connectivity index (χ0n) is 12.7. The monoisotopic (exact) mass is 309 g/mol. The van der Waals surface area contributed by atoms with Crippen LogP contribution in [0.2, 0.25) is 5.02 Å². The van der Waals surface area contributed by atoms with E-state index in [2.05, 4.69) is 4.90 Å². The minimum absolute atomic E-state index is 0.116. The molecule has 1 heterocycles. The first-order valence-electron chi connectivity index (χ1n) is 7.88. The maximum atomic E-state index is 12.5. The highest BCUT2D eigenvalue weighted by Gasteiger charge is 2.16. The zero-order valence-corrected chi connectivity index (χ0v) is 13.5. The van der Waals surface area contributed by atoms with Gasteiger partial charge in [0.1, 0.15) is 5.75 Å². The van der Waals surface area contributed by atoms with Crippen molar-refractivity contribution in [2.45, 2.75) is 39.0 Å². The normalized spacial score (nSPS) is 16.5. The standard InChI is InChI=1S/C17H24ClNO2/c1-2-21-17-8-7-14(18)13-15(17)16(20)9-12-19-10-5-3-4-6-11-19/h7-8,13H,2-6,9-12H2,1H3. The van der Waals surface area contributed by atoms with Gasteiger partial charge in [0.2, 0.25) is 0 Å². The van der Waals surface area contributed by atoms with Crippen molar-refractivity contribution in [1.29, 1.82) is 0 Å². The molecule has 4 heteroatoms. The molecule has 21 heavy (non-hydrogen) atoms. The lowest BCUT2D eigenvalue weighted by Gasteiger charge is -2.19. The largest absolute Gasteiger partial charge is 0.493 e. The van der Waals surface area contributed by atoms with Gasteiger partial charge in [0.25, 0.3) is 0 Å². The van der Waals surface area contributed by atoms with Crippen LogP contribution in [0.1, 0.15) is 49.4 Å². The number of carbonyl (C=O) groups excluding carboxylic acids is 1. The average Bonchev–Trinajstić information content (AvgIpc) is 2.75. The van der Waals surface area contributed by atoms with Crippen LogP contribution in [0.3, 0.4) is 0 Å². The van der Waals surface area contributed by atoms with E-state index in [4.69, 9.17) is 16.3 Å². The summed E-state index contributed by atoms with van der Waals surface area (Å²) < 4.78 is 5.53. The van der Waals surface area contributed by atoms with Gasteiger partial charge in [-0.05, 0) is 51.1 Å². The molecule has 1 saturated heterocycles. The minimum Gasteiger partial charge on any atom is -0.493 e. The maximum Gasteiger partial charge on any atom is 0.167 e. The lowest BCUT2D eigenvalue weighted by Crippen LogP contribution is -2.27. The van der Waals surface area contributed by atoms with Gasteiger partial charge in [-0.3, -0.25) is 4.79 Å². The molecule has 0 saturated carbocycles. The fourth-order valence-corrected chi connectivity index (χ4v) is 2.93. The molecule has 0 N–H and O–H groups in total. The zero-order chi connectivity index (χ0) is 15.1. The number of benzene rings is 1. The molecule has 1 fully saturated rings. The molecule has 1 aromatic carbocycles. The highest BCUT2D eigenvalue weighted by atomic mass is 35.5. The number of Topliss-reactive ketones (excluding diaryl/α,β-unsaturated/α-hetero) is 1. The third-order valence-corrected chi connectivity index (χ3v) is 4.13. The van der Waals surface area contributed by atoms with Gasteiger partial charge in [-0.2, -0.15) is 0 Å². The number of likely N-dealkylation sites (tertiary alicyclic amines) is 1. The summed E-state index contributed by atoms with van der Waals surface area (Å²) in [6.45, 7) is 5.52. The Labute approximate surface area is 132 Å². The van der Waals surface area contributed by atoms with Crippen molar-refractivity contribution in [3.63, 3.8) is 0 Å². The molecule has 1 aromatic rings. The Morgan fingerprint density at radius 2 is 1.95 bits per heavy atom. The molecule has 1 aliphatic heterocycles. The number of carbonyl (C=O) groups is 1. The number of nitrogens with zero attached hydrogens (tertiary/aromatic N) is 1. The lowest BCUT2D eigenvalue weighted by molar-refractivity contribution is 0.0961. The van der Waals surface area contributed by atoms with E-state index in [1.54, 1.807) is 18.2 Å². The molecule has 0 radical (unpaired) electrons. The van der Waals surface area contributed by atoms with Crippen molar-refractivity contribution < 1.29 is 9.53 Å². The molecule has 0 unspecified atom stereocenters. The van der Waals surface area contributed by atoms with Gasteiger partial charge < -0.3 is 9.64 Å². The van der Waals surface area contributed by atoms with Crippen molar-refractivity contribution in [3.8, 4) is 5.75 Å². The summed E-state index contributed by atoms with van der Waals surface area (Å²) in [5, 5.41) is 0.580. The molecular weight excluding hydrogens is 286 g/mol. The Hall–Kier alpha value is -1.06. The molecule has 1 aliphatic rings. The summed E-state index contributed by atoms with van der Waals surface area (Å²) in [5.41, 5.74) is 0.610. The molecule has 0 aliphatic carbocycles. The number of halogens is 1. The maximum absolute atomic E-state index is 12.5. The molecule has 116 valence electrons. The van der Waals surface area contributed by atoms with E-state index < -0.39 is 0 Å². The molecule has 3 nitrogen and oxygen atoms in total. The van der Waals surface area contributed by atoms with Gasteiger partial charge in [0.15, 0.2) is 5.78 Å². The van der Waals surface area contributed by atoms with Crippen LogP contribution in [-0.4, -0.2) is 36.9 Å². The second-order valence-electron chi connectivity index (χ2n) is 5.50. The van der Waals surface area contributed by atoms with Crippen molar-refractivity contribution in [1.82, 2.24) is 4.90 Å². The quantitative estimate of drug-likeness (QED) is 0.738. The van der Waals surface area contributed by atoms with Crippen LogP contribution in [-0.2, 0) is 0 Å². The average molecular weight is 310 g/mol. The molecule has 0 spiro atoms. The molecule has 0 aromatic heterocycles.